The lowest BCUT2D eigenvalue weighted by Gasteiger charge is -2.44. The molecule has 1 aromatic rings. The maximum Gasteiger partial charge on any atom is 0.254 e. The smallest absolute Gasteiger partial charge is 0.254 e. The lowest BCUT2D eigenvalue weighted by atomic mass is 9.78. The van der Waals surface area contributed by atoms with Crippen LogP contribution < -0.4 is 5.73 Å². The largest absolute Gasteiger partial charge is 0.366 e. The summed E-state index contributed by atoms with van der Waals surface area (Å²) >= 11 is 0. The summed E-state index contributed by atoms with van der Waals surface area (Å²) in [5.41, 5.74) is 6.29. The highest BCUT2D eigenvalue weighted by molar-refractivity contribution is 5.99. The molecule has 1 aromatic carbocycles. The number of likely N-dealkylation sites (tertiary alicyclic amines) is 1. The number of amides is 2. The number of benzene rings is 1. The van der Waals surface area contributed by atoms with E-state index in [0.29, 0.717) is 23.1 Å². The lowest BCUT2D eigenvalue weighted by molar-refractivity contribution is 0.0390. The number of hydrogen-bond donors (Lipinski definition) is 1. The Hall–Kier alpha value is -1.84. The zero-order valence-electron chi connectivity index (χ0n) is 12.3. The van der Waals surface area contributed by atoms with E-state index in [2.05, 4.69) is 0 Å². The van der Waals surface area contributed by atoms with Crippen molar-refractivity contribution in [3.05, 3.63) is 35.4 Å². The Morgan fingerprint density at radius 1 is 1.05 bits per heavy atom. The molecule has 2 atom stereocenters. The van der Waals surface area contributed by atoms with E-state index in [1.807, 2.05) is 4.90 Å². The quantitative estimate of drug-likeness (QED) is 0.908. The van der Waals surface area contributed by atoms with Gasteiger partial charge in [-0.05, 0) is 49.8 Å². The summed E-state index contributed by atoms with van der Waals surface area (Å²) < 4.78 is 0. The van der Waals surface area contributed by atoms with Gasteiger partial charge >= 0.3 is 0 Å². The van der Waals surface area contributed by atoms with Crippen LogP contribution in [0.25, 0.3) is 0 Å². The van der Waals surface area contributed by atoms with Crippen LogP contribution in [-0.2, 0) is 0 Å². The first-order valence-electron chi connectivity index (χ1n) is 7.87. The molecule has 1 aliphatic heterocycles. The second-order valence-electron chi connectivity index (χ2n) is 6.20. The zero-order chi connectivity index (χ0) is 14.8. The van der Waals surface area contributed by atoms with E-state index in [1.165, 1.54) is 25.7 Å². The van der Waals surface area contributed by atoms with Crippen LogP contribution >= 0.6 is 0 Å². The molecular weight excluding hydrogens is 264 g/mol. The van der Waals surface area contributed by atoms with Crippen molar-refractivity contribution in [2.75, 3.05) is 6.54 Å². The van der Waals surface area contributed by atoms with Crippen molar-refractivity contribution in [2.24, 2.45) is 11.7 Å². The van der Waals surface area contributed by atoms with Gasteiger partial charge in [-0.1, -0.05) is 18.9 Å². The summed E-state index contributed by atoms with van der Waals surface area (Å²) in [5, 5.41) is 0. The van der Waals surface area contributed by atoms with Crippen molar-refractivity contribution >= 4 is 11.8 Å². The molecular formula is C17H22N2O2. The Morgan fingerprint density at radius 3 is 2.57 bits per heavy atom. The molecule has 3 rings (SSSR count). The molecule has 2 aliphatic rings. The number of hydrogen-bond acceptors (Lipinski definition) is 2. The number of rotatable bonds is 2. The second-order valence-corrected chi connectivity index (χ2v) is 6.20. The Labute approximate surface area is 125 Å². The average Bonchev–Trinajstić information content (AvgIpc) is 2.53. The zero-order valence-corrected chi connectivity index (χ0v) is 12.3. The van der Waals surface area contributed by atoms with Gasteiger partial charge in [-0.25, -0.2) is 0 Å². The van der Waals surface area contributed by atoms with Crippen LogP contribution in [0.2, 0.25) is 0 Å². The van der Waals surface area contributed by atoms with Crippen LogP contribution in [0.1, 0.15) is 59.2 Å². The molecule has 4 heteroatoms. The number of piperidine rings is 1. The topological polar surface area (TPSA) is 63.4 Å². The third kappa shape index (κ3) is 2.80. The van der Waals surface area contributed by atoms with Gasteiger partial charge in [-0.3, -0.25) is 9.59 Å². The van der Waals surface area contributed by atoms with Crippen molar-refractivity contribution in [3.8, 4) is 0 Å². The van der Waals surface area contributed by atoms with E-state index < -0.39 is 5.91 Å². The summed E-state index contributed by atoms with van der Waals surface area (Å²) in [7, 11) is 0. The Balaban J connectivity index is 1.83. The van der Waals surface area contributed by atoms with Crippen molar-refractivity contribution in [1.29, 1.82) is 0 Å². The maximum absolute atomic E-state index is 12.8. The first kappa shape index (κ1) is 14.1. The summed E-state index contributed by atoms with van der Waals surface area (Å²) in [4.78, 5) is 26.1. The average molecular weight is 286 g/mol. The van der Waals surface area contributed by atoms with E-state index in [0.717, 1.165) is 19.4 Å². The fourth-order valence-corrected chi connectivity index (χ4v) is 3.85. The van der Waals surface area contributed by atoms with Gasteiger partial charge in [-0.2, -0.15) is 0 Å². The molecule has 21 heavy (non-hydrogen) atoms. The third-order valence-electron chi connectivity index (χ3n) is 4.90. The first-order chi connectivity index (χ1) is 10.2. The summed E-state index contributed by atoms with van der Waals surface area (Å²) in [6, 6.07) is 7.17. The van der Waals surface area contributed by atoms with Gasteiger partial charge in [0, 0.05) is 23.7 Å². The number of carbonyl (C=O) groups excluding carboxylic acids is 2. The first-order valence-corrected chi connectivity index (χ1v) is 7.87. The Kier molecular flexibility index (Phi) is 3.95. The standard InChI is InChI=1S/C17H22N2O2/c18-16(20)13-6-3-7-14(11-13)17(21)19-10-4-8-12-5-1-2-9-15(12)19/h3,6-7,11-12,15H,1-2,4-5,8-10H2,(H2,18,20)/t12-,15-/m1/s1. The molecule has 4 nitrogen and oxygen atoms in total. The van der Waals surface area contributed by atoms with E-state index >= 15 is 0 Å². The van der Waals surface area contributed by atoms with Gasteiger partial charge < -0.3 is 10.6 Å². The monoisotopic (exact) mass is 286 g/mol. The van der Waals surface area contributed by atoms with Crippen molar-refractivity contribution in [2.45, 2.75) is 44.6 Å². The van der Waals surface area contributed by atoms with Gasteiger partial charge in [0.25, 0.3) is 5.91 Å². The van der Waals surface area contributed by atoms with Gasteiger partial charge in [0.1, 0.15) is 0 Å². The highest BCUT2D eigenvalue weighted by Crippen LogP contribution is 2.35. The van der Waals surface area contributed by atoms with Gasteiger partial charge in [-0.15, -0.1) is 0 Å². The summed E-state index contributed by atoms with van der Waals surface area (Å²) in [6.07, 6.45) is 7.20. The second kappa shape index (κ2) is 5.88. The fraction of sp³-hybridized carbons (Fsp3) is 0.529. The molecule has 1 saturated heterocycles. The van der Waals surface area contributed by atoms with Crippen LogP contribution in [0, 0.1) is 5.92 Å². The van der Waals surface area contributed by atoms with Gasteiger partial charge in [0.05, 0.1) is 0 Å². The molecule has 0 spiro atoms. The van der Waals surface area contributed by atoms with Crippen LogP contribution in [0.5, 0.6) is 0 Å². The molecule has 0 bridgehead atoms. The normalized spacial score (nSPS) is 25.2. The highest BCUT2D eigenvalue weighted by Gasteiger charge is 2.35. The van der Waals surface area contributed by atoms with E-state index in [9.17, 15) is 9.59 Å². The number of nitrogens with two attached hydrogens (primary N) is 1. The minimum Gasteiger partial charge on any atom is -0.366 e. The predicted octanol–water partition coefficient (Wildman–Crippen LogP) is 2.58. The molecule has 112 valence electrons. The molecule has 0 aromatic heterocycles. The number of carbonyl (C=O) groups is 2. The van der Waals surface area contributed by atoms with Crippen LogP contribution in [0.3, 0.4) is 0 Å². The molecule has 1 aliphatic carbocycles. The van der Waals surface area contributed by atoms with Crippen LogP contribution in [0.15, 0.2) is 24.3 Å². The highest BCUT2D eigenvalue weighted by atomic mass is 16.2. The molecule has 2 amide bonds. The Bertz CT molecular complexity index is 553. The summed E-state index contributed by atoms with van der Waals surface area (Å²) in [5.74, 6) is 0.226. The predicted molar refractivity (Wildman–Crippen MR) is 81.0 cm³/mol. The van der Waals surface area contributed by atoms with Gasteiger partial charge in [0.2, 0.25) is 5.91 Å². The lowest BCUT2D eigenvalue weighted by Crippen LogP contribution is -2.49. The minimum atomic E-state index is -0.487. The fourth-order valence-electron chi connectivity index (χ4n) is 3.85. The molecule has 0 unspecified atom stereocenters. The minimum absolute atomic E-state index is 0.0506. The maximum atomic E-state index is 12.8. The number of fused-ring (bicyclic) bond motifs is 1. The van der Waals surface area contributed by atoms with E-state index in [1.54, 1.807) is 24.3 Å². The molecule has 2 N–H and O–H groups in total. The SMILES string of the molecule is NC(=O)c1cccc(C(=O)N2CCC[C@H]3CCCC[C@H]32)c1. The molecule has 2 fully saturated rings. The molecule has 1 heterocycles. The van der Waals surface area contributed by atoms with Gasteiger partial charge in [0.15, 0.2) is 0 Å². The van der Waals surface area contributed by atoms with Crippen molar-refractivity contribution in [1.82, 2.24) is 4.90 Å². The van der Waals surface area contributed by atoms with E-state index in [4.69, 9.17) is 5.73 Å². The van der Waals surface area contributed by atoms with Crippen LogP contribution in [-0.4, -0.2) is 29.3 Å². The molecule has 1 saturated carbocycles. The van der Waals surface area contributed by atoms with E-state index in [-0.39, 0.29) is 5.91 Å². The van der Waals surface area contributed by atoms with Crippen molar-refractivity contribution in [3.63, 3.8) is 0 Å². The third-order valence-corrected chi connectivity index (χ3v) is 4.90. The Morgan fingerprint density at radius 2 is 1.76 bits per heavy atom. The summed E-state index contributed by atoms with van der Waals surface area (Å²) in [6.45, 7) is 0.834. The molecule has 0 radical (unpaired) electrons. The number of nitrogens with zero attached hydrogens (tertiary/aromatic N) is 1. The van der Waals surface area contributed by atoms with Crippen molar-refractivity contribution < 1.29 is 9.59 Å². The number of primary amides is 1. The van der Waals surface area contributed by atoms with Crippen LogP contribution in [0.4, 0.5) is 0 Å².